The summed E-state index contributed by atoms with van der Waals surface area (Å²) in [5.41, 5.74) is 3.74. The van der Waals surface area contributed by atoms with Crippen LogP contribution >= 0.6 is 0 Å². The second kappa shape index (κ2) is 7.93. The van der Waals surface area contributed by atoms with Crippen molar-refractivity contribution in [2.45, 2.75) is 45.4 Å². The fraction of sp³-hybridized carbons (Fsp3) is 0.269. The van der Waals surface area contributed by atoms with Crippen LogP contribution in [0.5, 0.6) is 0 Å². The third-order valence-corrected chi connectivity index (χ3v) is 5.64. The largest absolute Gasteiger partial charge is 0.252 e. The quantitative estimate of drug-likeness (QED) is 0.359. The van der Waals surface area contributed by atoms with Gasteiger partial charge >= 0.3 is 0 Å². The van der Waals surface area contributed by atoms with Crippen LogP contribution in [-0.4, -0.2) is 19.7 Å². The zero-order chi connectivity index (χ0) is 23.1. The Bertz CT molecular complexity index is 1230. The van der Waals surface area contributed by atoms with E-state index in [1.54, 1.807) is 0 Å². The zero-order valence-corrected chi connectivity index (χ0v) is 18.9. The average Bonchev–Trinajstić information content (AvgIpc) is 3.24. The lowest BCUT2D eigenvalue weighted by Crippen LogP contribution is -2.24. The minimum atomic E-state index is -0.870. The summed E-state index contributed by atoms with van der Waals surface area (Å²) >= 11 is 0. The lowest BCUT2D eigenvalue weighted by molar-refractivity contribution is 0.513. The Morgan fingerprint density at radius 1 is 0.750 bits per heavy atom. The predicted octanol–water partition coefficient (Wildman–Crippen LogP) is 6.23. The first kappa shape index (κ1) is 21.8. The van der Waals surface area contributed by atoms with E-state index < -0.39 is 17.3 Å². The molecule has 0 aliphatic heterocycles. The molecular formula is C26H26F2N4. The maximum Gasteiger partial charge on any atom is 0.216 e. The number of aromatic nitrogens is 4. The van der Waals surface area contributed by atoms with Crippen molar-refractivity contribution in [3.8, 4) is 16.9 Å². The van der Waals surface area contributed by atoms with E-state index >= 15 is 0 Å². The van der Waals surface area contributed by atoms with Crippen molar-refractivity contribution in [1.29, 1.82) is 0 Å². The van der Waals surface area contributed by atoms with E-state index in [2.05, 4.69) is 45.7 Å². The van der Waals surface area contributed by atoms with Crippen molar-refractivity contribution >= 4 is 0 Å². The number of halogens is 2. The van der Waals surface area contributed by atoms with Gasteiger partial charge in [0.15, 0.2) is 0 Å². The van der Waals surface area contributed by atoms with E-state index in [0.29, 0.717) is 11.3 Å². The Balaban J connectivity index is 1.84. The summed E-state index contributed by atoms with van der Waals surface area (Å²) in [7, 11) is 0. The lowest BCUT2D eigenvalue weighted by atomic mass is 9.80. The molecule has 0 aliphatic carbocycles. The highest BCUT2D eigenvalue weighted by atomic mass is 19.1. The highest BCUT2D eigenvalue weighted by Gasteiger charge is 2.30. The molecule has 0 aliphatic rings. The third-order valence-electron chi connectivity index (χ3n) is 5.64. The van der Waals surface area contributed by atoms with Crippen LogP contribution in [0.4, 0.5) is 8.78 Å². The van der Waals surface area contributed by atoms with Crippen molar-refractivity contribution < 1.29 is 8.78 Å². The van der Waals surface area contributed by atoms with Crippen molar-refractivity contribution in [2.75, 3.05) is 0 Å². The second-order valence-electron chi connectivity index (χ2n) is 9.48. The molecule has 0 amide bonds. The van der Waals surface area contributed by atoms with Gasteiger partial charge in [-0.05, 0) is 55.2 Å². The van der Waals surface area contributed by atoms with Gasteiger partial charge in [-0.3, -0.25) is 4.98 Å². The number of pyridine rings is 2. The molecule has 0 bridgehead atoms. The zero-order valence-electron chi connectivity index (χ0n) is 18.9. The summed E-state index contributed by atoms with van der Waals surface area (Å²) in [6.45, 7) is 10.4. The SMILES string of the molecule is CC(C)(C)c1cc(-c2cc(F)nc(F)c2)nc(C(C)(C)c2ccn(-c3ccccc3)n2)c1. The van der Waals surface area contributed by atoms with Crippen molar-refractivity contribution in [1.82, 2.24) is 19.7 Å². The van der Waals surface area contributed by atoms with E-state index in [9.17, 15) is 8.78 Å². The van der Waals surface area contributed by atoms with Gasteiger partial charge in [0.25, 0.3) is 0 Å². The summed E-state index contributed by atoms with van der Waals surface area (Å²) in [4.78, 5) is 8.03. The Morgan fingerprint density at radius 2 is 1.41 bits per heavy atom. The molecule has 0 spiro atoms. The van der Waals surface area contributed by atoms with Gasteiger partial charge in [-0.15, -0.1) is 0 Å². The Labute approximate surface area is 187 Å². The Hall–Kier alpha value is -3.41. The van der Waals surface area contributed by atoms with E-state index in [1.165, 1.54) is 12.1 Å². The Morgan fingerprint density at radius 3 is 2.03 bits per heavy atom. The molecule has 0 radical (unpaired) electrons. The average molecular weight is 433 g/mol. The molecule has 0 saturated heterocycles. The van der Waals surface area contributed by atoms with Gasteiger partial charge < -0.3 is 0 Å². The molecule has 4 rings (SSSR count). The summed E-state index contributed by atoms with van der Waals surface area (Å²) in [5, 5.41) is 4.80. The fourth-order valence-electron chi connectivity index (χ4n) is 3.56. The van der Waals surface area contributed by atoms with Crippen LogP contribution in [0.2, 0.25) is 0 Å². The first-order valence-corrected chi connectivity index (χ1v) is 10.5. The monoisotopic (exact) mass is 432 g/mol. The van der Waals surface area contributed by atoms with Crippen LogP contribution < -0.4 is 0 Å². The van der Waals surface area contributed by atoms with Gasteiger partial charge in [0.1, 0.15) is 0 Å². The van der Waals surface area contributed by atoms with Crippen LogP contribution in [0.25, 0.3) is 16.9 Å². The topological polar surface area (TPSA) is 43.6 Å². The molecule has 1 aromatic carbocycles. The molecule has 0 fully saturated rings. The van der Waals surface area contributed by atoms with E-state index in [1.807, 2.05) is 53.3 Å². The summed E-state index contributed by atoms with van der Waals surface area (Å²) in [6, 6.07) is 18.2. The number of hydrogen-bond acceptors (Lipinski definition) is 3. The minimum Gasteiger partial charge on any atom is -0.252 e. The normalized spacial score (nSPS) is 12.2. The number of para-hydroxylation sites is 1. The maximum atomic E-state index is 13.8. The highest BCUT2D eigenvalue weighted by Crippen LogP contribution is 2.35. The molecule has 0 saturated carbocycles. The number of benzene rings is 1. The van der Waals surface area contributed by atoms with Crippen LogP contribution in [-0.2, 0) is 10.8 Å². The molecule has 3 aromatic heterocycles. The van der Waals surface area contributed by atoms with Gasteiger partial charge in [0, 0.05) is 23.9 Å². The van der Waals surface area contributed by atoms with Gasteiger partial charge in [-0.2, -0.15) is 18.9 Å². The third kappa shape index (κ3) is 4.31. The summed E-state index contributed by atoms with van der Waals surface area (Å²) in [5.74, 6) is -1.74. The number of hydrogen-bond donors (Lipinski definition) is 0. The lowest BCUT2D eigenvalue weighted by Gasteiger charge is -2.27. The smallest absolute Gasteiger partial charge is 0.216 e. The summed E-state index contributed by atoms with van der Waals surface area (Å²) < 4.78 is 29.5. The second-order valence-corrected chi connectivity index (χ2v) is 9.48. The molecule has 6 heteroatoms. The predicted molar refractivity (Wildman–Crippen MR) is 122 cm³/mol. The molecule has 4 nitrogen and oxygen atoms in total. The number of nitrogens with zero attached hydrogens (tertiary/aromatic N) is 4. The van der Waals surface area contributed by atoms with E-state index in [-0.39, 0.29) is 5.41 Å². The van der Waals surface area contributed by atoms with Crippen molar-refractivity contribution in [2.24, 2.45) is 0 Å². The van der Waals surface area contributed by atoms with Crippen LogP contribution in [0.1, 0.15) is 51.6 Å². The Kier molecular flexibility index (Phi) is 5.41. The first-order valence-electron chi connectivity index (χ1n) is 10.5. The minimum absolute atomic E-state index is 0.184. The van der Waals surface area contributed by atoms with Gasteiger partial charge in [-0.1, -0.05) is 39.0 Å². The molecule has 32 heavy (non-hydrogen) atoms. The van der Waals surface area contributed by atoms with Gasteiger partial charge in [0.2, 0.25) is 11.9 Å². The van der Waals surface area contributed by atoms with E-state index in [4.69, 9.17) is 10.1 Å². The standard InChI is InChI=1S/C26H26F2N4/c1-25(2,3)18-15-20(17-13-23(27)30-24(28)14-17)29-22(16-18)26(4,5)21-11-12-32(31-21)19-9-7-6-8-10-19/h6-16H,1-5H3. The molecule has 0 unspecified atom stereocenters. The van der Waals surface area contributed by atoms with Gasteiger partial charge in [0.05, 0.1) is 28.2 Å². The molecular weight excluding hydrogens is 406 g/mol. The molecule has 0 N–H and O–H groups in total. The van der Waals surface area contributed by atoms with Crippen molar-refractivity contribution in [3.05, 3.63) is 95.7 Å². The van der Waals surface area contributed by atoms with Crippen LogP contribution in [0, 0.1) is 11.9 Å². The maximum absolute atomic E-state index is 13.8. The molecule has 3 heterocycles. The fourth-order valence-corrected chi connectivity index (χ4v) is 3.56. The first-order chi connectivity index (χ1) is 15.0. The van der Waals surface area contributed by atoms with Gasteiger partial charge in [-0.25, -0.2) is 4.68 Å². The molecule has 4 aromatic rings. The van der Waals surface area contributed by atoms with Crippen LogP contribution in [0.3, 0.4) is 0 Å². The molecule has 0 atom stereocenters. The van der Waals surface area contributed by atoms with Crippen molar-refractivity contribution in [3.63, 3.8) is 0 Å². The summed E-state index contributed by atoms with van der Waals surface area (Å²) in [6.07, 6.45) is 1.93. The highest BCUT2D eigenvalue weighted by molar-refractivity contribution is 5.61. The molecule has 164 valence electrons. The number of rotatable bonds is 4. The van der Waals surface area contributed by atoms with Crippen LogP contribution in [0.15, 0.2) is 66.9 Å². The van der Waals surface area contributed by atoms with E-state index in [0.717, 1.165) is 22.6 Å².